The molecule has 0 atom stereocenters. The molecule has 1 aromatic carbocycles. The third-order valence-electron chi connectivity index (χ3n) is 2.77. The van der Waals surface area contributed by atoms with Gasteiger partial charge in [-0.3, -0.25) is 9.59 Å². The number of hydrogen-bond acceptors (Lipinski definition) is 3. The number of halogens is 2. The number of nitrogens with zero attached hydrogens (tertiary/aromatic N) is 1. The largest absolute Gasteiger partial charge is 0.326 e. The van der Waals surface area contributed by atoms with Gasteiger partial charge in [-0.15, -0.1) is 0 Å². The number of amides is 2. The molecule has 2 N–H and O–H groups in total. The molecule has 0 aliphatic heterocycles. The topological polar surface area (TPSA) is 71.1 Å². The summed E-state index contributed by atoms with van der Waals surface area (Å²) in [6.45, 7) is 1.75. The molecule has 5 nitrogen and oxygen atoms in total. The third kappa shape index (κ3) is 4.19. The Hall–Kier alpha value is -2.11. The molecule has 2 amide bonds. The SMILES string of the molecule is CCC(=O)Nc1ccc(Cl)c(NC(=O)c2cccc(Cl)n2)c1. The number of pyridine rings is 1. The predicted molar refractivity (Wildman–Crippen MR) is 87.6 cm³/mol. The quantitative estimate of drug-likeness (QED) is 0.828. The first-order valence-corrected chi connectivity index (χ1v) is 7.28. The van der Waals surface area contributed by atoms with Crippen molar-refractivity contribution in [2.45, 2.75) is 13.3 Å². The van der Waals surface area contributed by atoms with Crippen LogP contribution in [-0.4, -0.2) is 16.8 Å². The maximum absolute atomic E-state index is 12.1. The van der Waals surface area contributed by atoms with Crippen molar-refractivity contribution >= 4 is 46.4 Å². The van der Waals surface area contributed by atoms with E-state index in [0.717, 1.165) is 0 Å². The van der Waals surface area contributed by atoms with Crippen molar-refractivity contribution in [1.82, 2.24) is 4.98 Å². The highest BCUT2D eigenvalue weighted by atomic mass is 35.5. The lowest BCUT2D eigenvalue weighted by molar-refractivity contribution is -0.115. The average molecular weight is 338 g/mol. The summed E-state index contributed by atoms with van der Waals surface area (Å²) in [6, 6.07) is 9.57. The second kappa shape index (κ2) is 7.24. The summed E-state index contributed by atoms with van der Waals surface area (Å²) >= 11 is 11.8. The van der Waals surface area contributed by atoms with Crippen LogP contribution in [0.5, 0.6) is 0 Å². The van der Waals surface area contributed by atoms with Gasteiger partial charge in [0, 0.05) is 12.1 Å². The number of rotatable bonds is 4. The van der Waals surface area contributed by atoms with E-state index >= 15 is 0 Å². The second-order valence-corrected chi connectivity index (χ2v) is 5.19. The van der Waals surface area contributed by atoms with E-state index < -0.39 is 5.91 Å². The zero-order chi connectivity index (χ0) is 16.1. The Morgan fingerprint density at radius 2 is 1.91 bits per heavy atom. The number of anilines is 2. The molecule has 114 valence electrons. The number of carbonyl (C=O) groups excluding carboxylic acids is 2. The first-order valence-electron chi connectivity index (χ1n) is 6.53. The highest BCUT2D eigenvalue weighted by Crippen LogP contribution is 2.26. The Morgan fingerprint density at radius 3 is 2.59 bits per heavy atom. The number of hydrogen-bond donors (Lipinski definition) is 2. The molecule has 1 heterocycles. The van der Waals surface area contributed by atoms with Gasteiger partial charge in [0.25, 0.3) is 5.91 Å². The molecule has 0 radical (unpaired) electrons. The van der Waals surface area contributed by atoms with Crippen LogP contribution in [0.15, 0.2) is 36.4 Å². The lowest BCUT2D eigenvalue weighted by Gasteiger charge is -2.10. The minimum absolute atomic E-state index is 0.129. The van der Waals surface area contributed by atoms with Crippen LogP contribution in [0, 0.1) is 0 Å². The molecule has 7 heteroatoms. The highest BCUT2D eigenvalue weighted by molar-refractivity contribution is 6.34. The molecule has 0 spiro atoms. The van der Waals surface area contributed by atoms with E-state index in [2.05, 4.69) is 15.6 Å². The fourth-order valence-corrected chi connectivity index (χ4v) is 2.00. The van der Waals surface area contributed by atoms with Gasteiger partial charge >= 0.3 is 0 Å². The monoisotopic (exact) mass is 337 g/mol. The molecule has 1 aromatic heterocycles. The van der Waals surface area contributed by atoms with E-state index in [9.17, 15) is 9.59 Å². The fourth-order valence-electron chi connectivity index (χ4n) is 1.67. The lowest BCUT2D eigenvalue weighted by Crippen LogP contribution is -2.15. The average Bonchev–Trinajstić information content (AvgIpc) is 2.50. The van der Waals surface area contributed by atoms with Crippen LogP contribution in [-0.2, 0) is 4.79 Å². The van der Waals surface area contributed by atoms with Gasteiger partial charge in [0.05, 0.1) is 10.7 Å². The number of aromatic nitrogens is 1. The van der Waals surface area contributed by atoms with Crippen molar-refractivity contribution < 1.29 is 9.59 Å². The summed E-state index contributed by atoms with van der Waals surface area (Å²) in [5, 5.41) is 5.91. The standard InChI is InChI=1S/C15H13Cl2N3O2/c1-2-14(21)18-9-6-7-10(16)12(8-9)20-15(22)11-4-3-5-13(17)19-11/h3-8H,2H2,1H3,(H,18,21)(H,20,22). The van der Waals surface area contributed by atoms with E-state index in [1.165, 1.54) is 6.07 Å². The van der Waals surface area contributed by atoms with E-state index in [1.54, 1.807) is 37.3 Å². The summed E-state index contributed by atoms with van der Waals surface area (Å²) in [6.07, 6.45) is 0.358. The van der Waals surface area contributed by atoms with Crippen molar-refractivity contribution in [3.63, 3.8) is 0 Å². The van der Waals surface area contributed by atoms with E-state index in [1.807, 2.05) is 0 Å². The van der Waals surface area contributed by atoms with Gasteiger partial charge in [-0.25, -0.2) is 4.98 Å². The van der Waals surface area contributed by atoms with Gasteiger partial charge in [-0.1, -0.05) is 36.2 Å². The maximum Gasteiger partial charge on any atom is 0.274 e. The summed E-state index contributed by atoms with van der Waals surface area (Å²) in [5.41, 5.74) is 1.10. The van der Waals surface area contributed by atoms with Crippen LogP contribution in [0.25, 0.3) is 0 Å². The van der Waals surface area contributed by atoms with Crippen molar-refractivity contribution in [3.8, 4) is 0 Å². The van der Waals surface area contributed by atoms with Gasteiger partial charge in [0.2, 0.25) is 5.91 Å². The molecule has 0 saturated carbocycles. The van der Waals surface area contributed by atoms with Crippen molar-refractivity contribution in [1.29, 1.82) is 0 Å². The van der Waals surface area contributed by atoms with Crippen molar-refractivity contribution in [2.75, 3.05) is 10.6 Å². The molecule has 0 aliphatic carbocycles. The fraction of sp³-hybridized carbons (Fsp3) is 0.133. The van der Waals surface area contributed by atoms with Gasteiger partial charge in [-0.05, 0) is 30.3 Å². The highest BCUT2D eigenvalue weighted by Gasteiger charge is 2.11. The second-order valence-electron chi connectivity index (χ2n) is 4.40. The third-order valence-corrected chi connectivity index (χ3v) is 3.31. The van der Waals surface area contributed by atoms with Crippen molar-refractivity contribution in [3.05, 3.63) is 52.3 Å². The summed E-state index contributed by atoms with van der Waals surface area (Å²) in [5.74, 6) is -0.570. The predicted octanol–water partition coefficient (Wildman–Crippen LogP) is 3.99. The molecular weight excluding hydrogens is 325 g/mol. The normalized spacial score (nSPS) is 10.1. The Morgan fingerprint density at radius 1 is 1.14 bits per heavy atom. The Bertz CT molecular complexity index is 720. The van der Waals surface area contributed by atoms with Crippen LogP contribution in [0.4, 0.5) is 11.4 Å². The molecule has 2 aromatic rings. The smallest absolute Gasteiger partial charge is 0.274 e. The van der Waals surface area contributed by atoms with Gasteiger partial charge < -0.3 is 10.6 Å². The molecule has 0 saturated heterocycles. The van der Waals surface area contributed by atoms with E-state index in [-0.39, 0.29) is 16.8 Å². The maximum atomic E-state index is 12.1. The van der Waals surface area contributed by atoms with E-state index in [0.29, 0.717) is 22.8 Å². The van der Waals surface area contributed by atoms with E-state index in [4.69, 9.17) is 23.2 Å². The van der Waals surface area contributed by atoms with Crippen LogP contribution in [0.1, 0.15) is 23.8 Å². The molecule has 22 heavy (non-hydrogen) atoms. The van der Waals surface area contributed by atoms with Gasteiger partial charge in [-0.2, -0.15) is 0 Å². The minimum Gasteiger partial charge on any atom is -0.326 e. The van der Waals surface area contributed by atoms with Crippen LogP contribution in [0.2, 0.25) is 10.2 Å². The number of nitrogens with one attached hydrogen (secondary N) is 2. The van der Waals surface area contributed by atoms with Crippen molar-refractivity contribution in [2.24, 2.45) is 0 Å². The van der Waals surface area contributed by atoms with Gasteiger partial charge in [0.15, 0.2) is 0 Å². The van der Waals surface area contributed by atoms with Crippen LogP contribution < -0.4 is 10.6 Å². The summed E-state index contributed by atoms with van der Waals surface area (Å²) in [7, 11) is 0. The first-order chi connectivity index (χ1) is 10.5. The summed E-state index contributed by atoms with van der Waals surface area (Å²) < 4.78 is 0. The van der Waals surface area contributed by atoms with Crippen LogP contribution in [0.3, 0.4) is 0 Å². The van der Waals surface area contributed by atoms with Gasteiger partial charge in [0.1, 0.15) is 10.8 Å². The lowest BCUT2D eigenvalue weighted by atomic mass is 10.2. The first kappa shape index (κ1) is 16.3. The Labute approximate surface area is 137 Å². The minimum atomic E-state index is -0.441. The molecule has 0 unspecified atom stereocenters. The Balaban J connectivity index is 2.19. The number of benzene rings is 1. The molecule has 0 aliphatic rings. The number of carbonyl (C=O) groups is 2. The zero-order valence-electron chi connectivity index (χ0n) is 11.7. The molecule has 0 fully saturated rings. The molecular formula is C15H13Cl2N3O2. The molecule has 2 rings (SSSR count). The zero-order valence-corrected chi connectivity index (χ0v) is 13.2. The molecule has 0 bridgehead atoms. The van der Waals surface area contributed by atoms with Crippen LogP contribution >= 0.6 is 23.2 Å². The Kier molecular flexibility index (Phi) is 5.35. The summed E-state index contributed by atoms with van der Waals surface area (Å²) in [4.78, 5) is 27.5.